The van der Waals surface area contributed by atoms with Gasteiger partial charge in [-0.1, -0.05) is 0 Å². The SMILES string of the molecule is CN(C)N(CCCl)CCCl. The third-order valence-corrected chi connectivity index (χ3v) is 1.59. The quantitative estimate of drug-likeness (QED) is 0.469. The molecular weight excluding hydrogens is 171 g/mol. The zero-order valence-electron chi connectivity index (χ0n) is 6.48. The summed E-state index contributed by atoms with van der Waals surface area (Å²) in [5.74, 6) is 1.30. The third kappa shape index (κ3) is 4.34. The zero-order valence-corrected chi connectivity index (χ0v) is 7.99. The maximum absolute atomic E-state index is 5.56. The van der Waals surface area contributed by atoms with Crippen LogP contribution >= 0.6 is 23.2 Å². The molecule has 0 heterocycles. The van der Waals surface area contributed by atoms with E-state index in [2.05, 4.69) is 5.01 Å². The minimum atomic E-state index is 0.648. The molecule has 0 fully saturated rings. The Morgan fingerprint density at radius 2 is 1.40 bits per heavy atom. The Labute approximate surface area is 72.7 Å². The molecule has 0 aromatic heterocycles. The van der Waals surface area contributed by atoms with Gasteiger partial charge in [-0.3, -0.25) is 0 Å². The molecule has 62 valence electrons. The van der Waals surface area contributed by atoms with E-state index in [9.17, 15) is 0 Å². The van der Waals surface area contributed by atoms with E-state index in [4.69, 9.17) is 23.2 Å². The average Bonchev–Trinajstić information content (AvgIpc) is 1.87. The summed E-state index contributed by atoms with van der Waals surface area (Å²) in [6.07, 6.45) is 0. The van der Waals surface area contributed by atoms with Crippen molar-refractivity contribution in [2.45, 2.75) is 0 Å². The first-order valence-electron chi connectivity index (χ1n) is 3.26. The molecule has 0 aromatic rings. The van der Waals surface area contributed by atoms with Gasteiger partial charge in [-0.25, -0.2) is 10.0 Å². The number of rotatable bonds is 5. The molecule has 0 atom stereocenters. The molecule has 0 radical (unpaired) electrons. The first-order valence-corrected chi connectivity index (χ1v) is 4.33. The lowest BCUT2D eigenvalue weighted by Gasteiger charge is -2.26. The highest BCUT2D eigenvalue weighted by atomic mass is 35.5. The van der Waals surface area contributed by atoms with Crippen molar-refractivity contribution in [3.05, 3.63) is 0 Å². The van der Waals surface area contributed by atoms with Crippen LogP contribution in [0.2, 0.25) is 0 Å². The van der Waals surface area contributed by atoms with E-state index in [1.54, 1.807) is 0 Å². The van der Waals surface area contributed by atoms with Crippen molar-refractivity contribution in [1.29, 1.82) is 0 Å². The van der Waals surface area contributed by atoms with Crippen LogP contribution in [-0.2, 0) is 0 Å². The standard InChI is InChI=1S/C6H14Cl2N2/c1-9(2)10(5-3-7)6-4-8/h3-6H2,1-2H3. The van der Waals surface area contributed by atoms with Gasteiger partial charge in [0.1, 0.15) is 0 Å². The van der Waals surface area contributed by atoms with Gasteiger partial charge >= 0.3 is 0 Å². The summed E-state index contributed by atoms with van der Waals surface area (Å²) in [7, 11) is 3.97. The number of alkyl halides is 2. The monoisotopic (exact) mass is 184 g/mol. The normalized spacial score (nSPS) is 11.4. The molecule has 0 rings (SSSR count). The molecule has 0 aliphatic rings. The van der Waals surface area contributed by atoms with Crippen LogP contribution in [0.5, 0.6) is 0 Å². The lowest BCUT2D eigenvalue weighted by molar-refractivity contribution is 0.0391. The molecule has 0 spiro atoms. The summed E-state index contributed by atoms with van der Waals surface area (Å²) in [6.45, 7) is 1.72. The van der Waals surface area contributed by atoms with Gasteiger partial charge in [0.05, 0.1) is 0 Å². The highest BCUT2D eigenvalue weighted by molar-refractivity contribution is 6.18. The Balaban J connectivity index is 3.50. The zero-order chi connectivity index (χ0) is 7.98. The van der Waals surface area contributed by atoms with E-state index < -0.39 is 0 Å². The molecule has 0 saturated carbocycles. The van der Waals surface area contributed by atoms with Gasteiger partial charge in [0, 0.05) is 38.9 Å². The summed E-state index contributed by atoms with van der Waals surface area (Å²) in [4.78, 5) is 0. The second-order valence-electron chi connectivity index (χ2n) is 2.18. The number of halogens is 2. The Morgan fingerprint density at radius 1 is 1.00 bits per heavy atom. The molecule has 0 amide bonds. The second kappa shape index (κ2) is 6.23. The molecular formula is C6H14Cl2N2. The minimum Gasteiger partial charge on any atom is -0.248 e. The summed E-state index contributed by atoms with van der Waals surface area (Å²) >= 11 is 11.1. The van der Waals surface area contributed by atoms with Crippen molar-refractivity contribution in [2.24, 2.45) is 0 Å². The molecule has 4 heteroatoms. The average molecular weight is 185 g/mol. The van der Waals surface area contributed by atoms with Crippen LogP contribution in [0.1, 0.15) is 0 Å². The lowest BCUT2D eigenvalue weighted by Crippen LogP contribution is -2.39. The number of hydrazine groups is 1. The van der Waals surface area contributed by atoms with E-state index in [0.717, 1.165) is 13.1 Å². The molecule has 0 bridgehead atoms. The molecule has 2 nitrogen and oxygen atoms in total. The Morgan fingerprint density at radius 3 is 1.60 bits per heavy atom. The van der Waals surface area contributed by atoms with Crippen LogP contribution in [0.15, 0.2) is 0 Å². The molecule has 0 saturated heterocycles. The fourth-order valence-electron chi connectivity index (χ4n) is 0.707. The maximum Gasteiger partial charge on any atom is 0.0365 e. The van der Waals surface area contributed by atoms with Gasteiger partial charge in [0.15, 0.2) is 0 Å². The van der Waals surface area contributed by atoms with Crippen molar-refractivity contribution < 1.29 is 0 Å². The first kappa shape index (κ1) is 10.5. The Bertz CT molecular complexity index is 72.1. The van der Waals surface area contributed by atoms with E-state index in [0.29, 0.717) is 11.8 Å². The van der Waals surface area contributed by atoms with Crippen LogP contribution in [0, 0.1) is 0 Å². The number of hydrogen-bond donors (Lipinski definition) is 0. The largest absolute Gasteiger partial charge is 0.248 e. The summed E-state index contributed by atoms with van der Waals surface area (Å²) in [5, 5.41) is 4.10. The smallest absolute Gasteiger partial charge is 0.0365 e. The second-order valence-corrected chi connectivity index (χ2v) is 2.93. The molecule has 0 aromatic carbocycles. The van der Waals surface area contributed by atoms with E-state index in [1.165, 1.54) is 0 Å². The minimum absolute atomic E-state index is 0.648. The fourth-order valence-corrected chi connectivity index (χ4v) is 1.10. The van der Waals surface area contributed by atoms with Gasteiger partial charge in [0.2, 0.25) is 0 Å². The van der Waals surface area contributed by atoms with Crippen molar-refractivity contribution in [1.82, 2.24) is 10.0 Å². The van der Waals surface area contributed by atoms with Gasteiger partial charge in [-0.05, 0) is 0 Å². The van der Waals surface area contributed by atoms with E-state index >= 15 is 0 Å². The highest BCUT2D eigenvalue weighted by Crippen LogP contribution is 1.93. The predicted molar refractivity (Wildman–Crippen MR) is 46.7 cm³/mol. The van der Waals surface area contributed by atoms with Crippen LogP contribution in [0.25, 0.3) is 0 Å². The van der Waals surface area contributed by atoms with Crippen molar-refractivity contribution in [2.75, 3.05) is 38.9 Å². The van der Waals surface area contributed by atoms with Crippen molar-refractivity contribution in [3.8, 4) is 0 Å². The Kier molecular flexibility index (Phi) is 6.54. The summed E-state index contributed by atoms with van der Waals surface area (Å²) in [6, 6.07) is 0. The van der Waals surface area contributed by atoms with Gasteiger partial charge in [-0.2, -0.15) is 0 Å². The van der Waals surface area contributed by atoms with E-state index in [1.807, 2.05) is 19.1 Å². The first-order chi connectivity index (χ1) is 4.72. The lowest BCUT2D eigenvalue weighted by atomic mass is 10.6. The Hall–Kier alpha value is 0.500. The molecule has 0 aliphatic carbocycles. The number of hydrogen-bond acceptors (Lipinski definition) is 2. The molecule has 0 unspecified atom stereocenters. The fraction of sp³-hybridized carbons (Fsp3) is 1.00. The highest BCUT2D eigenvalue weighted by Gasteiger charge is 2.03. The van der Waals surface area contributed by atoms with Crippen molar-refractivity contribution >= 4 is 23.2 Å². The molecule has 0 N–H and O–H groups in total. The van der Waals surface area contributed by atoms with Crippen molar-refractivity contribution in [3.63, 3.8) is 0 Å². The van der Waals surface area contributed by atoms with Gasteiger partial charge < -0.3 is 0 Å². The summed E-state index contributed by atoms with van der Waals surface area (Å²) in [5.41, 5.74) is 0. The van der Waals surface area contributed by atoms with Crippen LogP contribution < -0.4 is 0 Å². The summed E-state index contributed by atoms with van der Waals surface area (Å²) < 4.78 is 0. The van der Waals surface area contributed by atoms with Gasteiger partial charge in [0.25, 0.3) is 0 Å². The van der Waals surface area contributed by atoms with E-state index in [-0.39, 0.29) is 0 Å². The maximum atomic E-state index is 5.56. The number of nitrogens with zero attached hydrogens (tertiary/aromatic N) is 2. The molecule has 10 heavy (non-hydrogen) atoms. The van der Waals surface area contributed by atoms with Crippen LogP contribution in [0.3, 0.4) is 0 Å². The van der Waals surface area contributed by atoms with Crippen LogP contribution in [-0.4, -0.2) is 49.0 Å². The third-order valence-electron chi connectivity index (χ3n) is 1.25. The molecule has 0 aliphatic heterocycles. The van der Waals surface area contributed by atoms with Crippen LogP contribution in [0.4, 0.5) is 0 Å². The van der Waals surface area contributed by atoms with Gasteiger partial charge in [-0.15, -0.1) is 23.2 Å². The topological polar surface area (TPSA) is 6.48 Å². The predicted octanol–water partition coefficient (Wildman–Crippen LogP) is 1.24.